The van der Waals surface area contributed by atoms with Crippen LogP contribution < -0.4 is 10.6 Å². The van der Waals surface area contributed by atoms with Crippen LogP contribution in [0.15, 0.2) is 73.1 Å². The van der Waals surface area contributed by atoms with Gasteiger partial charge in [0.15, 0.2) is 5.54 Å². The van der Waals surface area contributed by atoms with Gasteiger partial charge in [-0.25, -0.2) is 0 Å². The second kappa shape index (κ2) is 4.28. The van der Waals surface area contributed by atoms with E-state index in [1.54, 1.807) is 0 Å². The molecule has 0 atom stereocenters. The summed E-state index contributed by atoms with van der Waals surface area (Å²) in [5.41, 5.74) is 0.911. The zero-order valence-corrected chi connectivity index (χ0v) is 10.4. The monoisotopic (exact) mass is 250 g/mol. The molecule has 2 aromatic carbocycles. The van der Waals surface area contributed by atoms with Gasteiger partial charge in [0, 0.05) is 0 Å². The molecule has 0 spiro atoms. The highest BCUT2D eigenvalue weighted by atomic mass is 16.2. The maximum atomic E-state index is 12.5. The van der Waals surface area contributed by atoms with Crippen molar-refractivity contribution in [3.63, 3.8) is 0 Å². The molecule has 3 heteroatoms. The number of hydrogen-bond acceptors (Lipinski definition) is 2. The van der Waals surface area contributed by atoms with Crippen molar-refractivity contribution in [3.8, 4) is 0 Å². The second-order valence-electron chi connectivity index (χ2n) is 4.54. The number of hydrogen-bond donors (Lipinski definition) is 2. The summed E-state index contributed by atoms with van der Waals surface area (Å²) < 4.78 is 0. The minimum atomic E-state index is -0.889. The Balaban J connectivity index is 2.23. The number of carbonyl (C=O) groups excluding carboxylic acids is 1. The minimum absolute atomic E-state index is 0.102. The summed E-state index contributed by atoms with van der Waals surface area (Å²) in [6, 6.07) is 19.3. The quantitative estimate of drug-likeness (QED) is 0.857. The molecular formula is C16H14N2O. The van der Waals surface area contributed by atoms with Crippen LogP contribution in [-0.2, 0) is 10.3 Å². The van der Waals surface area contributed by atoms with Crippen LogP contribution in [-0.4, -0.2) is 5.91 Å². The van der Waals surface area contributed by atoms with Crippen molar-refractivity contribution in [1.82, 2.24) is 10.6 Å². The van der Waals surface area contributed by atoms with Gasteiger partial charge in [-0.2, -0.15) is 0 Å². The molecule has 3 nitrogen and oxygen atoms in total. The van der Waals surface area contributed by atoms with Crippen molar-refractivity contribution < 1.29 is 4.79 Å². The first-order chi connectivity index (χ1) is 9.23. The SMILES string of the molecule is C=C1NC(=O)C(c2ccccc2)(c2ccccc2)N1. The first-order valence-electron chi connectivity index (χ1n) is 6.13. The minimum Gasteiger partial charge on any atom is -0.351 e. The van der Waals surface area contributed by atoms with Crippen molar-refractivity contribution >= 4 is 5.91 Å². The highest BCUT2D eigenvalue weighted by molar-refractivity contribution is 5.95. The third kappa shape index (κ3) is 1.71. The van der Waals surface area contributed by atoms with Crippen molar-refractivity contribution in [1.29, 1.82) is 0 Å². The molecule has 94 valence electrons. The lowest BCUT2D eigenvalue weighted by atomic mass is 9.83. The Bertz CT molecular complexity index is 580. The summed E-state index contributed by atoms with van der Waals surface area (Å²) in [6.07, 6.45) is 0. The molecule has 19 heavy (non-hydrogen) atoms. The van der Waals surface area contributed by atoms with Gasteiger partial charge in [0.25, 0.3) is 5.91 Å². The lowest BCUT2D eigenvalue weighted by molar-refractivity contribution is -0.123. The molecule has 0 unspecified atom stereocenters. The highest BCUT2D eigenvalue weighted by Gasteiger charge is 2.46. The molecule has 1 fully saturated rings. The van der Waals surface area contributed by atoms with Gasteiger partial charge in [0.2, 0.25) is 0 Å². The molecule has 0 saturated carbocycles. The Morgan fingerprint density at radius 1 is 0.842 bits per heavy atom. The fourth-order valence-corrected chi connectivity index (χ4v) is 2.49. The van der Waals surface area contributed by atoms with E-state index in [4.69, 9.17) is 0 Å². The molecule has 2 aromatic rings. The van der Waals surface area contributed by atoms with E-state index in [1.165, 1.54) is 0 Å². The van der Waals surface area contributed by atoms with E-state index < -0.39 is 5.54 Å². The normalized spacial score (nSPS) is 16.8. The molecule has 1 heterocycles. The number of nitrogens with one attached hydrogen (secondary N) is 2. The standard InChI is InChI=1S/C16H14N2O/c1-12-17-15(19)16(18-12,13-8-4-2-5-9-13)14-10-6-3-7-11-14/h2-11,18H,1H2,(H,17,19). The van der Waals surface area contributed by atoms with Crippen LogP contribution in [0.3, 0.4) is 0 Å². The summed E-state index contributed by atoms with van der Waals surface area (Å²) in [6.45, 7) is 3.81. The van der Waals surface area contributed by atoms with Crippen LogP contribution in [0.4, 0.5) is 0 Å². The number of amides is 1. The molecule has 1 amide bonds. The van der Waals surface area contributed by atoms with Crippen molar-refractivity contribution in [2.75, 3.05) is 0 Å². The molecule has 2 N–H and O–H groups in total. The molecule has 1 saturated heterocycles. The summed E-state index contributed by atoms with van der Waals surface area (Å²) in [4.78, 5) is 12.5. The van der Waals surface area contributed by atoms with Crippen LogP contribution in [0, 0.1) is 0 Å². The Morgan fingerprint density at radius 2 is 1.32 bits per heavy atom. The van der Waals surface area contributed by atoms with E-state index in [-0.39, 0.29) is 5.91 Å². The molecule has 0 aromatic heterocycles. The number of rotatable bonds is 2. The fraction of sp³-hybridized carbons (Fsp3) is 0.0625. The molecule has 0 aliphatic carbocycles. The first kappa shape index (κ1) is 11.5. The van der Waals surface area contributed by atoms with Gasteiger partial charge in [-0.05, 0) is 11.1 Å². The van der Waals surface area contributed by atoms with E-state index in [0.717, 1.165) is 11.1 Å². The third-order valence-electron chi connectivity index (χ3n) is 3.36. The van der Waals surface area contributed by atoms with Gasteiger partial charge in [-0.3, -0.25) is 4.79 Å². The van der Waals surface area contributed by atoms with Gasteiger partial charge in [-0.1, -0.05) is 67.2 Å². The molecule has 0 bridgehead atoms. The smallest absolute Gasteiger partial charge is 0.260 e. The predicted molar refractivity (Wildman–Crippen MR) is 74.1 cm³/mol. The van der Waals surface area contributed by atoms with E-state index in [9.17, 15) is 4.79 Å². The summed E-state index contributed by atoms with van der Waals surface area (Å²) in [5, 5.41) is 5.95. The van der Waals surface area contributed by atoms with Gasteiger partial charge >= 0.3 is 0 Å². The van der Waals surface area contributed by atoms with E-state index in [0.29, 0.717) is 5.82 Å². The lowest BCUT2D eigenvalue weighted by Crippen LogP contribution is -2.44. The molecule has 1 aliphatic rings. The summed E-state index contributed by atoms with van der Waals surface area (Å²) >= 11 is 0. The van der Waals surface area contributed by atoms with Crippen LogP contribution in [0.25, 0.3) is 0 Å². The van der Waals surface area contributed by atoms with Gasteiger partial charge < -0.3 is 10.6 Å². The third-order valence-corrected chi connectivity index (χ3v) is 3.36. The lowest BCUT2D eigenvalue weighted by Gasteiger charge is -2.27. The Labute approximate surface area is 112 Å². The maximum absolute atomic E-state index is 12.5. The van der Waals surface area contributed by atoms with Gasteiger partial charge in [0.1, 0.15) is 0 Å². The van der Waals surface area contributed by atoms with Crippen LogP contribution in [0.5, 0.6) is 0 Å². The summed E-state index contributed by atoms with van der Waals surface area (Å²) in [5.74, 6) is 0.424. The van der Waals surface area contributed by atoms with E-state index in [1.807, 2.05) is 60.7 Å². The largest absolute Gasteiger partial charge is 0.351 e. The Morgan fingerprint density at radius 3 is 1.68 bits per heavy atom. The van der Waals surface area contributed by atoms with Crippen LogP contribution in [0.1, 0.15) is 11.1 Å². The fourth-order valence-electron chi connectivity index (χ4n) is 2.49. The van der Waals surface area contributed by atoms with Gasteiger partial charge in [0.05, 0.1) is 5.82 Å². The maximum Gasteiger partial charge on any atom is 0.260 e. The van der Waals surface area contributed by atoms with Crippen LogP contribution >= 0.6 is 0 Å². The van der Waals surface area contributed by atoms with Crippen molar-refractivity contribution in [3.05, 3.63) is 84.2 Å². The van der Waals surface area contributed by atoms with Crippen molar-refractivity contribution in [2.24, 2.45) is 0 Å². The Hall–Kier alpha value is -2.55. The van der Waals surface area contributed by atoms with E-state index in [2.05, 4.69) is 17.2 Å². The average molecular weight is 250 g/mol. The predicted octanol–water partition coefficient (Wildman–Crippen LogP) is 2.12. The number of benzene rings is 2. The Kier molecular flexibility index (Phi) is 2.60. The topological polar surface area (TPSA) is 41.1 Å². The first-order valence-corrected chi connectivity index (χ1v) is 6.13. The zero-order chi connectivity index (χ0) is 13.3. The second-order valence-corrected chi connectivity index (χ2v) is 4.54. The average Bonchev–Trinajstić information content (AvgIpc) is 2.76. The molecule has 1 aliphatic heterocycles. The highest BCUT2D eigenvalue weighted by Crippen LogP contribution is 2.33. The van der Waals surface area contributed by atoms with Crippen molar-refractivity contribution in [2.45, 2.75) is 5.54 Å². The molecule has 0 radical (unpaired) electrons. The molecular weight excluding hydrogens is 236 g/mol. The molecule has 3 rings (SSSR count). The zero-order valence-electron chi connectivity index (χ0n) is 10.4. The summed E-state index contributed by atoms with van der Waals surface area (Å²) in [7, 11) is 0. The van der Waals surface area contributed by atoms with Crippen LogP contribution in [0.2, 0.25) is 0 Å². The number of carbonyl (C=O) groups is 1. The van der Waals surface area contributed by atoms with Gasteiger partial charge in [-0.15, -0.1) is 0 Å². The van der Waals surface area contributed by atoms with E-state index >= 15 is 0 Å².